The average molecular weight is 364 g/mol. The van der Waals surface area contributed by atoms with Gasteiger partial charge < -0.3 is 4.74 Å². The van der Waals surface area contributed by atoms with Gasteiger partial charge in [0.15, 0.2) is 0 Å². The number of hydrogen-bond acceptors (Lipinski definition) is 2. The van der Waals surface area contributed by atoms with Crippen LogP contribution in [0.5, 0.6) is 5.75 Å². The molecule has 0 atom stereocenters. The van der Waals surface area contributed by atoms with E-state index in [0.29, 0.717) is 17.9 Å². The molecule has 3 fully saturated rings. The molecular formula is C20H16F4O2. The minimum atomic E-state index is -3.73. The largest absolute Gasteiger partial charge is 0.497 e. The molecule has 0 aromatic heterocycles. The average Bonchev–Trinajstić information content (AvgIpc) is 2.54. The maximum Gasteiger partial charge on any atom is 0.315 e. The van der Waals surface area contributed by atoms with Gasteiger partial charge in [-0.15, -0.1) is 0 Å². The molecule has 136 valence electrons. The van der Waals surface area contributed by atoms with Crippen LogP contribution in [0.3, 0.4) is 0 Å². The third-order valence-electron chi connectivity index (χ3n) is 5.86. The summed E-state index contributed by atoms with van der Waals surface area (Å²) in [7, 11) is 1.54. The van der Waals surface area contributed by atoms with E-state index in [1.54, 1.807) is 19.2 Å². The van der Waals surface area contributed by atoms with Gasteiger partial charge in [-0.25, -0.2) is 8.78 Å². The number of rotatable bonds is 5. The number of alkyl halides is 2. The number of ketones is 1. The number of ether oxygens (including phenoxy) is 1. The molecule has 26 heavy (non-hydrogen) atoms. The molecule has 2 aromatic rings. The Morgan fingerprint density at radius 3 is 2.23 bits per heavy atom. The van der Waals surface area contributed by atoms with Crippen LogP contribution in [0.1, 0.15) is 35.2 Å². The van der Waals surface area contributed by atoms with Gasteiger partial charge in [0.25, 0.3) is 0 Å². The van der Waals surface area contributed by atoms with E-state index in [9.17, 15) is 22.4 Å². The maximum atomic E-state index is 14.8. The van der Waals surface area contributed by atoms with Crippen molar-refractivity contribution in [2.75, 3.05) is 7.11 Å². The van der Waals surface area contributed by atoms with Crippen LogP contribution < -0.4 is 4.74 Å². The molecule has 3 aliphatic rings. The van der Waals surface area contributed by atoms with Crippen molar-refractivity contribution in [3.05, 3.63) is 65.2 Å². The number of halogens is 4. The summed E-state index contributed by atoms with van der Waals surface area (Å²) in [4.78, 5) is 12.3. The van der Waals surface area contributed by atoms with E-state index < -0.39 is 34.3 Å². The van der Waals surface area contributed by atoms with Gasteiger partial charge in [-0.1, -0.05) is 12.1 Å². The second-order valence-corrected chi connectivity index (χ2v) is 7.35. The highest BCUT2D eigenvalue weighted by molar-refractivity contribution is 6.02. The molecule has 0 spiro atoms. The van der Waals surface area contributed by atoms with E-state index in [1.165, 1.54) is 0 Å². The van der Waals surface area contributed by atoms with Gasteiger partial charge in [0.05, 0.1) is 12.7 Å². The van der Waals surface area contributed by atoms with Crippen molar-refractivity contribution in [2.45, 2.75) is 30.6 Å². The van der Waals surface area contributed by atoms with E-state index in [2.05, 4.69) is 0 Å². The number of carbonyl (C=O) groups is 1. The third kappa shape index (κ3) is 2.14. The topological polar surface area (TPSA) is 26.3 Å². The Morgan fingerprint density at radius 2 is 1.65 bits per heavy atom. The van der Waals surface area contributed by atoms with Gasteiger partial charge in [0.2, 0.25) is 5.78 Å². The van der Waals surface area contributed by atoms with Crippen LogP contribution in [0.2, 0.25) is 0 Å². The third-order valence-corrected chi connectivity index (χ3v) is 5.86. The summed E-state index contributed by atoms with van der Waals surface area (Å²) in [5, 5.41) is 0. The van der Waals surface area contributed by atoms with Crippen molar-refractivity contribution in [1.82, 2.24) is 0 Å². The van der Waals surface area contributed by atoms with E-state index >= 15 is 0 Å². The van der Waals surface area contributed by atoms with Crippen LogP contribution in [0.15, 0.2) is 42.5 Å². The summed E-state index contributed by atoms with van der Waals surface area (Å²) >= 11 is 0. The van der Waals surface area contributed by atoms with Crippen molar-refractivity contribution in [2.24, 2.45) is 5.41 Å². The van der Waals surface area contributed by atoms with Gasteiger partial charge in [-0.2, -0.15) is 8.78 Å². The lowest BCUT2D eigenvalue weighted by atomic mass is 9.31. The van der Waals surface area contributed by atoms with Gasteiger partial charge in [-0.05, 0) is 60.6 Å². The van der Waals surface area contributed by atoms with Gasteiger partial charge in [0.1, 0.15) is 17.4 Å². The maximum absolute atomic E-state index is 14.8. The molecule has 0 amide bonds. The molecule has 2 nitrogen and oxygen atoms in total. The Kier molecular flexibility index (Phi) is 3.49. The van der Waals surface area contributed by atoms with Crippen LogP contribution in [-0.4, -0.2) is 18.8 Å². The number of benzene rings is 2. The first-order chi connectivity index (χ1) is 12.2. The molecule has 3 aliphatic carbocycles. The molecule has 0 unspecified atom stereocenters. The van der Waals surface area contributed by atoms with Crippen molar-refractivity contribution >= 4 is 5.78 Å². The van der Waals surface area contributed by atoms with E-state index in [1.807, 2.05) is 12.1 Å². The van der Waals surface area contributed by atoms with Gasteiger partial charge in [0, 0.05) is 5.41 Å². The van der Waals surface area contributed by atoms with Crippen molar-refractivity contribution < 1.29 is 27.1 Å². The highest BCUT2D eigenvalue weighted by Crippen LogP contribution is 2.78. The first-order valence-corrected chi connectivity index (χ1v) is 8.25. The Balaban J connectivity index is 1.56. The summed E-state index contributed by atoms with van der Waals surface area (Å²) in [6.45, 7) is 0. The predicted octanol–water partition coefficient (Wildman–Crippen LogP) is 4.91. The standard InChI is InChI=1S/C20H16F4O2/c1-26-14-5-2-12(3-6-14)18-9-19(10-18,11-18)20(23,24)17(25)15-8-13(21)4-7-16(15)22/h2-8H,9-11H2,1H3. The molecule has 0 radical (unpaired) electrons. The van der Waals surface area contributed by atoms with Crippen molar-refractivity contribution in [1.29, 1.82) is 0 Å². The lowest BCUT2D eigenvalue weighted by Crippen LogP contribution is -2.73. The SMILES string of the molecule is COc1ccc(C23CC(C(F)(F)C(=O)c4cc(F)ccc4F)(C2)C3)cc1. The Morgan fingerprint density at radius 1 is 1.04 bits per heavy atom. The normalized spacial score (nSPS) is 26.7. The lowest BCUT2D eigenvalue weighted by molar-refractivity contribution is -0.256. The molecule has 6 heteroatoms. The summed E-state index contributed by atoms with van der Waals surface area (Å²) in [6, 6.07) is 9.25. The number of methoxy groups -OCH3 is 1. The van der Waals surface area contributed by atoms with Crippen molar-refractivity contribution in [3.8, 4) is 5.75 Å². The lowest BCUT2D eigenvalue weighted by Gasteiger charge is -2.72. The molecule has 0 saturated heterocycles. The van der Waals surface area contributed by atoms with Gasteiger partial charge >= 0.3 is 5.92 Å². The first kappa shape index (κ1) is 17.1. The summed E-state index contributed by atoms with van der Waals surface area (Å²) < 4.78 is 61.8. The molecule has 0 N–H and O–H groups in total. The second-order valence-electron chi connectivity index (χ2n) is 7.35. The van der Waals surface area contributed by atoms with Crippen LogP contribution >= 0.6 is 0 Å². The monoisotopic (exact) mass is 364 g/mol. The zero-order chi connectivity index (χ0) is 18.7. The molecule has 2 bridgehead atoms. The Hall–Kier alpha value is -2.37. The van der Waals surface area contributed by atoms with Crippen LogP contribution in [0, 0.1) is 17.0 Å². The number of Topliss-reactive ketones (excluding diaryl/α,β-unsaturated/α-hetero) is 1. The number of hydrogen-bond donors (Lipinski definition) is 0. The van der Waals surface area contributed by atoms with Crippen LogP contribution in [0.25, 0.3) is 0 Å². The van der Waals surface area contributed by atoms with Crippen LogP contribution in [0.4, 0.5) is 17.6 Å². The fourth-order valence-electron chi connectivity index (χ4n) is 4.45. The fraction of sp³-hybridized carbons (Fsp3) is 0.350. The minimum Gasteiger partial charge on any atom is -0.497 e. The highest BCUT2D eigenvalue weighted by Gasteiger charge is 2.79. The quantitative estimate of drug-likeness (QED) is 0.556. The van der Waals surface area contributed by atoms with E-state index in [-0.39, 0.29) is 24.7 Å². The summed E-state index contributed by atoms with van der Waals surface area (Å²) in [6.07, 6.45) is 0.464. The zero-order valence-electron chi connectivity index (χ0n) is 14.0. The smallest absolute Gasteiger partial charge is 0.315 e. The summed E-state index contributed by atoms with van der Waals surface area (Å²) in [5.41, 5.74) is -1.79. The predicted molar refractivity (Wildman–Crippen MR) is 86.6 cm³/mol. The first-order valence-electron chi connectivity index (χ1n) is 8.25. The van der Waals surface area contributed by atoms with Crippen LogP contribution in [-0.2, 0) is 5.41 Å². The molecule has 0 aliphatic heterocycles. The van der Waals surface area contributed by atoms with Crippen molar-refractivity contribution in [3.63, 3.8) is 0 Å². The molecule has 5 rings (SSSR count). The van der Waals surface area contributed by atoms with Gasteiger partial charge in [-0.3, -0.25) is 4.79 Å². The second kappa shape index (κ2) is 5.32. The summed E-state index contributed by atoms with van der Waals surface area (Å²) in [5.74, 6) is -6.74. The Labute approximate surface area is 147 Å². The zero-order valence-corrected chi connectivity index (χ0v) is 14.0. The fourth-order valence-corrected chi connectivity index (χ4v) is 4.45. The van der Waals surface area contributed by atoms with E-state index in [4.69, 9.17) is 4.74 Å². The molecule has 3 saturated carbocycles. The number of carbonyl (C=O) groups excluding carboxylic acids is 1. The highest BCUT2D eigenvalue weighted by atomic mass is 19.3. The minimum absolute atomic E-state index is 0.155. The molecule has 2 aromatic carbocycles. The Bertz CT molecular complexity index is 869. The van der Waals surface area contributed by atoms with E-state index in [0.717, 1.165) is 11.6 Å². The molecule has 0 heterocycles. The molecular weight excluding hydrogens is 348 g/mol.